The van der Waals surface area contributed by atoms with Gasteiger partial charge < -0.3 is 5.73 Å². The molecule has 0 saturated carbocycles. The van der Waals surface area contributed by atoms with Gasteiger partial charge in [-0.25, -0.2) is 0 Å². The third-order valence-corrected chi connectivity index (χ3v) is 4.23. The topological polar surface area (TPSA) is 29.3 Å². The van der Waals surface area contributed by atoms with Gasteiger partial charge in [0.25, 0.3) is 0 Å². The van der Waals surface area contributed by atoms with E-state index in [1.807, 2.05) is 0 Å². The van der Waals surface area contributed by atoms with Gasteiger partial charge >= 0.3 is 0 Å². The monoisotopic (exact) mass is 246 g/mol. The number of rotatable bonds is 3. The summed E-state index contributed by atoms with van der Waals surface area (Å²) in [5.41, 5.74) is 10.3. The van der Waals surface area contributed by atoms with Crippen molar-refractivity contribution in [3.8, 4) is 0 Å². The van der Waals surface area contributed by atoms with E-state index in [2.05, 4.69) is 43.9 Å². The molecule has 1 saturated heterocycles. The van der Waals surface area contributed by atoms with Crippen molar-refractivity contribution in [3.05, 3.63) is 34.9 Å². The summed E-state index contributed by atoms with van der Waals surface area (Å²) in [5.74, 6) is 0. The van der Waals surface area contributed by atoms with Crippen molar-refractivity contribution in [2.75, 3.05) is 6.54 Å². The van der Waals surface area contributed by atoms with Crippen LogP contribution in [0.1, 0.15) is 42.9 Å². The fourth-order valence-corrected chi connectivity index (χ4v) is 2.94. The van der Waals surface area contributed by atoms with Gasteiger partial charge in [-0.15, -0.1) is 0 Å². The van der Waals surface area contributed by atoms with Gasteiger partial charge in [0.2, 0.25) is 0 Å². The Kier molecular flexibility index (Phi) is 4.41. The van der Waals surface area contributed by atoms with Crippen molar-refractivity contribution in [2.24, 2.45) is 5.73 Å². The summed E-state index contributed by atoms with van der Waals surface area (Å²) in [6.07, 6.45) is 3.90. The molecule has 2 N–H and O–H groups in total. The van der Waals surface area contributed by atoms with E-state index in [4.69, 9.17) is 5.73 Å². The highest BCUT2D eigenvalue weighted by molar-refractivity contribution is 5.29. The largest absolute Gasteiger partial charge is 0.327 e. The maximum atomic E-state index is 6.12. The van der Waals surface area contributed by atoms with Crippen molar-refractivity contribution in [2.45, 2.75) is 58.7 Å². The van der Waals surface area contributed by atoms with Crippen LogP contribution in [0.5, 0.6) is 0 Å². The first-order chi connectivity index (χ1) is 8.58. The second kappa shape index (κ2) is 5.85. The van der Waals surface area contributed by atoms with E-state index < -0.39 is 0 Å². The Hall–Kier alpha value is -0.860. The molecule has 2 nitrogen and oxygen atoms in total. The van der Waals surface area contributed by atoms with Crippen LogP contribution in [0.4, 0.5) is 0 Å². The first kappa shape index (κ1) is 13.6. The smallest absolute Gasteiger partial charge is 0.0248 e. The third-order valence-electron chi connectivity index (χ3n) is 4.23. The molecule has 2 atom stereocenters. The summed E-state index contributed by atoms with van der Waals surface area (Å²) in [6.45, 7) is 8.75. The van der Waals surface area contributed by atoms with Crippen LogP contribution in [0.25, 0.3) is 0 Å². The molecule has 1 aliphatic rings. The molecule has 1 aromatic rings. The predicted molar refractivity (Wildman–Crippen MR) is 77.6 cm³/mol. The molecule has 18 heavy (non-hydrogen) atoms. The number of likely N-dealkylation sites (tertiary alicyclic amines) is 1. The maximum absolute atomic E-state index is 6.12. The van der Waals surface area contributed by atoms with E-state index in [0.29, 0.717) is 6.04 Å². The van der Waals surface area contributed by atoms with Gasteiger partial charge in [0.15, 0.2) is 0 Å². The molecule has 1 heterocycles. The molecular weight excluding hydrogens is 220 g/mol. The number of hydrogen-bond acceptors (Lipinski definition) is 2. The molecule has 0 radical (unpaired) electrons. The molecule has 0 aliphatic carbocycles. The van der Waals surface area contributed by atoms with E-state index in [0.717, 1.165) is 6.54 Å². The van der Waals surface area contributed by atoms with Crippen molar-refractivity contribution >= 4 is 0 Å². The molecule has 2 unspecified atom stereocenters. The zero-order valence-corrected chi connectivity index (χ0v) is 11.9. The number of aryl methyl sites for hydroxylation is 2. The lowest BCUT2D eigenvalue weighted by molar-refractivity contribution is 0.123. The van der Waals surface area contributed by atoms with Gasteiger partial charge in [-0.05, 0) is 56.8 Å². The molecule has 0 spiro atoms. The van der Waals surface area contributed by atoms with Gasteiger partial charge in [-0.3, -0.25) is 4.90 Å². The van der Waals surface area contributed by atoms with Crippen LogP contribution in [-0.4, -0.2) is 23.5 Å². The zero-order chi connectivity index (χ0) is 13.1. The molecule has 0 aromatic heterocycles. The van der Waals surface area contributed by atoms with Crippen molar-refractivity contribution in [1.29, 1.82) is 0 Å². The van der Waals surface area contributed by atoms with Crippen molar-refractivity contribution in [3.63, 3.8) is 0 Å². The average molecular weight is 246 g/mol. The summed E-state index contributed by atoms with van der Waals surface area (Å²) >= 11 is 0. The molecule has 0 amide bonds. The van der Waals surface area contributed by atoms with Crippen LogP contribution in [-0.2, 0) is 6.54 Å². The number of nitrogens with two attached hydrogens (primary N) is 1. The van der Waals surface area contributed by atoms with Gasteiger partial charge in [0.1, 0.15) is 0 Å². The minimum Gasteiger partial charge on any atom is -0.327 e. The number of nitrogens with zero attached hydrogens (tertiary/aromatic N) is 1. The first-order valence-corrected chi connectivity index (χ1v) is 7.13. The molecule has 100 valence electrons. The van der Waals surface area contributed by atoms with Crippen molar-refractivity contribution in [1.82, 2.24) is 4.90 Å². The zero-order valence-electron chi connectivity index (χ0n) is 11.9. The predicted octanol–water partition coefficient (Wildman–Crippen LogP) is 3.01. The highest BCUT2D eigenvalue weighted by atomic mass is 15.2. The highest BCUT2D eigenvalue weighted by Crippen LogP contribution is 2.22. The fourth-order valence-electron chi connectivity index (χ4n) is 2.94. The molecule has 2 rings (SSSR count). The third kappa shape index (κ3) is 3.12. The van der Waals surface area contributed by atoms with Gasteiger partial charge in [-0.2, -0.15) is 0 Å². The average Bonchev–Trinajstić information content (AvgIpc) is 2.34. The summed E-state index contributed by atoms with van der Waals surface area (Å²) in [4.78, 5) is 2.57. The van der Waals surface area contributed by atoms with E-state index in [1.54, 1.807) is 0 Å². The van der Waals surface area contributed by atoms with Crippen LogP contribution in [0.3, 0.4) is 0 Å². The fraction of sp³-hybridized carbons (Fsp3) is 0.625. The Labute approximate surface area is 111 Å². The Morgan fingerprint density at radius 3 is 2.72 bits per heavy atom. The number of piperidine rings is 1. The summed E-state index contributed by atoms with van der Waals surface area (Å²) in [7, 11) is 0. The van der Waals surface area contributed by atoms with E-state index >= 15 is 0 Å². The molecule has 2 heteroatoms. The molecule has 1 aliphatic heterocycles. The summed E-state index contributed by atoms with van der Waals surface area (Å²) < 4.78 is 0. The van der Waals surface area contributed by atoms with E-state index in [1.165, 1.54) is 42.5 Å². The Morgan fingerprint density at radius 1 is 1.28 bits per heavy atom. The Morgan fingerprint density at radius 2 is 2.06 bits per heavy atom. The Bertz CT molecular complexity index is 398. The lowest BCUT2D eigenvalue weighted by Crippen LogP contribution is -2.48. The number of benzene rings is 1. The standard InChI is InChI=1S/C16H26N2/c1-12-7-8-15(10-13(12)2)11-18-9-5-4-6-16(18)14(3)17/h7-8,10,14,16H,4-6,9,11,17H2,1-3H3. The van der Waals surface area contributed by atoms with Gasteiger partial charge in [-0.1, -0.05) is 24.6 Å². The molecule has 0 bridgehead atoms. The number of hydrogen-bond donors (Lipinski definition) is 1. The minimum absolute atomic E-state index is 0.275. The quantitative estimate of drug-likeness (QED) is 0.888. The lowest BCUT2D eigenvalue weighted by Gasteiger charge is -2.38. The SMILES string of the molecule is Cc1ccc(CN2CCCCC2C(C)N)cc1C. The maximum Gasteiger partial charge on any atom is 0.0248 e. The minimum atomic E-state index is 0.275. The molecular formula is C16H26N2. The highest BCUT2D eigenvalue weighted by Gasteiger charge is 2.25. The van der Waals surface area contributed by atoms with Crippen LogP contribution < -0.4 is 5.73 Å². The van der Waals surface area contributed by atoms with Gasteiger partial charge in [0, 0.05) is 18.6 Å². The van der Waals surface area contributed by atoms with Gasteiger partial charge in [0.05, 0.1) is 0 Å². The Balaban J connectivity index is 2.08. The lowest BCUT2D eigenvalue weighted by atomic mass is 9.96. The normalized spacial score (nSPS) is 23.0. The second-order valence-electron chi connectivity index (χ2n) is 5.81. The van der Waals surface area contributed by atoms with Crippen LogP contribution in [0.15, 0.2) is 18.2 Å². The van der Waals surface area contributed by atoms with Crippen LogP contribution in [0, 0.1) is 13.8 Å². The summed E-state index contributed by atoms with van der Waals surface area (Å²) in [5, 5.41) is 0. The van der Waals surface area contributed by atoms with E-state index in [9.17, 15) is 0 Å². The van der Waals surface area contributed by atoms with Crippen LogP contribution >= 0.6 is 0 Å². The van der Waals surface area contributed by atoms with Crippen LogP contribution in [0.2, 0.25) is 0 Å². The first-order valence-electron chi connectivity index (χ1n) is 7.13. The molecule has 1 fully saturated rings. The van der Waals surface area contributed by atoms with Crippen molar-refractivity contribution < 1.29 is 0 Å². The summed E-state index contributed by atoms with van der Waals surface area (Å²) in [6, 6.07) is 7.64. The second-order valence-corrected chi connectivity index (χ2v) is 5.81. The molecule has 1 aromatic carbocycles. The van der Waals surface area contributed by atoms with E-state index in [-0.39, 0.29) is 6.04 Å².